The first-order valence-electron chi connectivity index (χ1n) is 10.0. The highest BCUT2D eigenvalue weighted by Crippen LogP contribution is 2.27. The second-order valence-electron chi connectivity index (χ2n) is 7.51. The number of halogens is 1. The van der Waals surface area contributed by atoms with E-state index in [0.29, 0.717) is 12.3 Å². The Balaban J connectivity index is 0.00000312. The fourth-order valence-electron chi connectivity index (χ4n) is 4.18. The van der Waals surface area contributed by atoms with Crippen molar-refractivity contribution >= 4 is 35.8 Å². The molecule has 0 aromatic rings. The van der Waals surface area contributed by atoms with Crippen LogP contribution in [0.4, 0.5) is 0 Å². The predicted octanol–water partition coefficient (Wildman–Crippen LogP) is 3.52. The highest BCUT2D eigenvalue weighted by atomic mass is 127. The van der Waals surface area contributed by atoms with Crippen LogP contribution in [0.1, 0.15) is 71.1 Å². The lowest BCUT2D eigenvalue weighted by atomic mass is 9.86. The van der Waals surface area contributed by atoms with Crippen molar-refractivity contribution in [3.63, 3.8) is 0 Å². The number of primary amides is 1. The molecule has 1 saturated heterocycles. The van der Waals surface area contributed by atoms with Gasteiger partial charge in [-0.05, 0) is 44.4 Å². The van der Waals surface area contributed by atoms with E-state index in [4.69, 9.17) is 10.7 Å². The summed E-state index contributed by atoms with van der Waals surface area (Å²) in [5.41, 5.74) is 5.37. The van der Waals surface area contributed by atoms with E-state index in [1.54, 1.807) is 0 Å². The van der Waals surface area contributed by atoms with Crippen LogP contribution in [0.5, 0.6) is 0 Å². The molecule has 0 aromatic heterocycles. The number of carbonyl (C=O) groups is 1. The molecule has 2 fully saturated rings. The summed E-state index contributed by atoms with van der Waals surface area (Å²) in [7, 11) is 0. The monoisotopic (exact) mass is 464 g/mol. The fraction of sp³-hybridized carbons (Fsp3) is 0.895. The zero-order valence-electron chi connectivity index (χ0n) is 15.8. The minimum absolute atomic E-state index is 0. The molecule has 0 bridgehead atoms. The lowest BCUT2D eigenvalue weighted by molar-refractivity contribution is -0.119. The maximum absolute atomic E-state index is 11.2. The quantitative estimate of drug-likeness (QED) is 0.262. The van der Waals surface area contributed by atoms with Crippen LogP contribution in [0.15, 0.2) is 4.99 Å². The SMILES string of the molecule is CCNC(=NCCCC1CCCCC1)N1CCCC(CC(N)=O)C1.I. The molecule has 0 radical (unpaired) electrons. The van der Waals surface area contributed by atoms with Crippen molar-refractivity contribution in [2.24, 2.45) is 22.6 Å². The second-order valence-corrected chi connectivity index (χ2v) is 7.51. The number of carbonyl (C=O) groups excluding carboxylic acids is 1. The molecular weight excluding hydrogens is 427 g/mol. The first-order chi connectivity index (χ1) is 11.7. The Morgan fingerprint density at radius 3 is 2.56 bits per heavy atom. The van der Waals surface area contributed by atoms with Gasteiger partial charge in [0.1, 0.15) is 0 Å². The Labute approximate surface area is 170 Å². The minimum atomic E-state index is -0.184. The highest BCUT2D eigenvalue weighted by molar-refractivity contribution is 14.0. The van der Waals surface area contributed by atoms with Gasteiger partial charge in [-0.25, -0.2) is 0 Å². The summed E-state index contributed by atoms with van der Waals surface area (Å²) in [5, 5.41) is 3.42. The molecule has 25 heavy (non-hydrogen) atoms. The molecule has 6 heteroatoms. The van der Waals surface area contributed by atoms with Crippen molar-refractivity contribution in [2.45, 2.75) is 71.1 Å². The summed E-state index contributed by atoms with van der Waals surface area (Å²) >= 11 is 0. The summed E-state index contributed by atoms with van der Waals surface area (Å²) < 4.78 is 0. The number of hydrogen-bond donors (Lipinski definition) is 2. The molecule has 2 rings (SSSR count). The van der Waals surface area contributed by atoms with Gasteiger partial charge in [-0.3, -0.25) is 9.79 Å². The Hall–Kier alpha value is -0.530. The number of amides is 1. The highest BCUT2D eigenvalue weighted by Gasteiger charge is 2.23. The summed E-state index contributed by atoms with van der Waals surface area (Å²) in [6, 6.07) is 0. The van der Waals surface area contributed by atoms with Gasteiger partial charge in [0.15, 0.2) is 5.96 Å². The van der Waals surface area contributed by atoms with Gasteiger partial charge >= 0.3 is 0 Å². The molecule has 2 aliphatic rings. The Bertz CT molecular complexity index is 410. The van der Waals surface area contributed by atoms with Crippen molar-refractivity contribution in [1.82, 2.24) is 10.2 Å². The van der Waals surface area contributed by atoms with E-state index in [-0.39, 0.29) is 29.9 Å². The van der Waals surface area contributed by atoms with E-state index in [2.05, 4.69) is 17.1 Å². The molecule has 1 aliphatic heterocycles. The third-order valence-corrected chi connectivity index (χ3v) is 5.40. The van der Waals surface area contributed by atoms with Crippen LogP contribution in [-0.2, 0) is 4.79 Å². The number of nitrogens with two attached hydrogens (primary N) is 1. The summed E-state index contributed by atoms with van der Waals surface area (Å²) in [4.78, 5) is 18.4. The molecule has 3 N–H and O–H groups in total. The van der Waals surface area contributed by atoms with Crippen LogP contribution in [0.25, 0.3) is 0 Å². The summed E-state index contributed by atoms with van der Waals surface area (Å²) in [5.74, 6) is 2.15. The fourth-order valence-corrected chi connectivity index (χ4v) is 4.18. The van der Waals surface area contributed by atoms with E-state index in [0.717, 1.165) is 50.9 Å². The zero-order valence-corrected chi connectivity index (χ0v) is 18.2. The topological polar surface area (TPSA) is 70.7 Å². The zero-order chi connectivity index (χ0) is 17.2. The van der Waals surface area contributed by atoms with E-state index in [1.807, 2.05) is 0 Å². The number of piperidine rings is 1. The van der Waals surface area contributed by atoms with Crippen LogP contribution < -0.4 is 11.1 Å². The largest absolute Gasteiger partial charge is 0.370 e. The Morgan fingerprint density at radius 2 is 1.88 bits per heavy atom. The van der Waals surface area contributed by atoms with Gasteiger partial charge in [0.2, 0.25) is 5.91 Å². The Kier molecular flexibility index (Phi) is 11.5. The molecule has 1 heterocycles. The van der Waals surface area contributed by atoms with Gasteiger partial charge in [-0.1, -0.05) is 32.1 Å². The number of rotatable bonds is 7. The number of likely N-dealkylation sites (tertiary alicyclic amines) is 1. The van der Waals surface area contributed by atoms with Crippen LogP contribution in [0.3, 0.4) is 0 Å². The third kappa shape index (κ3) is 8.60. The molecular formula is C19H37IN4O. The Morgan fingerprint density at radius 1 is 1.16 bits per heavy atom. The standard InChI is InChI=1S/C19H36N4O.HI/c1-2-21-19(22-12-6-10-16-8-4-3-5-9-16)23-13-7-11-17(15-23)14-18(20)24;/h16-17H,2-15H2,1H3,(H2,20,24)(H,21,22);1H. The first kappa shape index (κ1) is 22.5. The molecule has 1 amide bonds. The van der Waals surface area contributed by atoms with Gasteiger partial charge < -0.3 is 16.0 Å². The maximum Gasteiger partial charge on any atom is 0.217 e. The third-order valence-electron chi connectivity index (χ3n) is 5.40. The second kappa shape index (κ2) is 12.8. The van der Waals surface area contributed by atoms with Crippen molar-refractivity contribution in [1.29, 1.82) is 0 Å². The van der Waals surface area contributed by atoms with Gasteiger partial charge in [0, 0.05) is 32.6 Å². The lowest BCUT2D eigenvalue weighted by Gasteiger charge is -2.34. The normalized spacial score (nSPS) is 22.4. The lowest BCUT2D eigenvalue weighted by Crippen LogP contribution is -2.47. The average molecular weight is 464 g/mol. The minimum Gasteiger partial charge on any atom is -0.370 e. The average Bonchev–Trinajstić information content (AvgIpc) is 2.58. The molecule has 1 saturated carbocycles. The number of guanidine groups is 1. The number of aliphatic imine (C=N–C) groups is 1. The van der Waals surface area contributed by atoms with Gasteiger partial charge in [0.25, 0.3) is 0 Å². The predicted molar refractivity (Wildman–Crippen MR) is 115 cm³/mol. The maximum atomic E-state index is 11.2. The molecule has 146 valence electrons. The molecule has 1 atom stereocenters. The van der Waals surface area contributed by atoms with E-state index in [1.165, 1.54) is 44.9 Å². The molecule has 0 spiro atoms. The smallest absolute Gasteiger partial charge is 0.217 e. The van der Waals surface area contributed by atoms with Crippen LogP contribution >= 0.6 is 24.0 Å². The van der Waals surface area contributed by atoms with Crippen molar-refractivity contribution in [2.75, 3.05) is 26.2 Å². The molecule has 0 aromatic carbocycles. The number of nitrogens with zero attached hydrogens (tertiary/aromatic N) is 2. The molecule has 1 unspecified atom stereocenters. The van der Waals surface area contributed by atoms with Crippen molar-refractivity contribution in [3.05, 3.63) is 0 Å². The number of nitrogens with one attached hydrogen (secondary N) is 1. The van der Waals surface area contributed by atoms with Gasteiger partial charge in [-0.15, -0.1) is 24.0 Å². The molecule has 1 aliphatic carbocycles. The van der Waals surface area contributed by atoms with E-state index in [9.17, 15) is 4.79 Å². The van der Waals surface area contributed by atoms with Crippen LogP contribution in [0, 0.1) is 11.8 Å². The number of hydrogen-bond acceptors (Lipinski definition) is 2. The van der Waals surface area contributed by atoms with E-state index < -0.39 is 0 Å². The van der Waals surface area contributed by atoms with Crippen LogP contribution in [0.2, 0.25) is 0 Å². The summed E-state index contributed by atoms with van der Waals surface area (Å²) in [6.45, 7) is 5.85. The van der Waals surface area contributed by atoms with Gasteiger partial charge in [-0.2, -0.15) is 0 Å². The van der Waals surface area contributed by atoms with E-state index >= 15 is 0 Å². The van der Waals surface area contributed by atoms with Crippen molar-refractivity contribution < 1.29 is 4.79 Å². The first-order valence-corrected chi connectivity index (χ1v) is 10.0. The van der Waals surface area contributed by atoms with Crippen molar-refractivity contribution in [3.8, 4) is 0 Å². The van der Waals surface area contributed by atoms with Crippen LogP contribution in [-0.4, -0.2) is 42.9 Å². The van der Waals surface area contributed by atoms with Gasteiger partial charge in [0.05, 0.1) is 0 Å². The molecule has 5 nitrogen and oxygen atoms in total. The summed E-state index contributed by atoms with van der Waals surface area (Å²) in [6.07, 6.45) is 12.3.